The van der Waals surface area contributed by atoms with Crippen molar-refractivity contribution in [2.75, 3.05) is 24.5 Å². The lowest BCUT2D eigenvalue weighted by molar-refractivity contribution is -0.139. The number of amides is 2. The Bertz CT molecular complexity index is 1400. The van der Waals surface area contributed by atoms with E-state index in [4.69, 9.17) is 4.74 Å². The molecule has 3 aromatic rings. The maximum absolute atomic E-state index is 14.0. The van der Waals surface area contributed by atoms with E-state index >= 15 is 0 Å². The maximum Gasteiger partial charge on any atom is 0.264 e. The molecule has 8 nitrogen and oxygen atoms in total. The largest absolute Gasteiger partial charge is 0.497 e. The third-order valence-electron chi connectivity index (χ3n) is 7.60. The predicted octanol–water partition coefficient (Wildman–Crippen LogP) is 4.72. The summed E-state index contributed by atoms with van der Waals surface area (Å²) in [5.74, 6) is -0.119. The Kier molecular flexibility index (Phi) is 10.0. The number of nitrogens with zero attached hydrogens (tertiary/aromatic N) is 2. The van der Waals surface area contributed by atoms with Gasteiger partial charge in [-0.15, -0.1) is 0 Å². The number of methoxy groups -OCH3 is 1. The van der Waals surface area contributed by atoms with Crippen LogP contribution in [0.4, 0.5) is 5.69 Å². The Hall–Kier alpha value is -3.85. The minimum absolute atomic E-state index is 0.0783. The van der Waals surface area contributed by atoms with Gasteiger partial charge in [0.2, 0.25) is 11.8 Å². The molecule has 2 amide bonds. The average Bonchev–Trinajstić information content (AvgIpc) is 3.49. The number of benzene rings is 3. The highest BCUT2D eigenvalue weighted by Crippen LogP contribution is 2.27. The summed E-state index contributed by atoms with van der Waals surface area (Å²) < 4.78 is 34.2. The van der Waals surface area contributed by atoms with Crippen molar-refractivity contribution in [2.45, 2.75) is 62.9 Å². The van der Waals surface area contributed by atoms with E-state index in [0.717, 1.165) is 41.1 Å². The van der Waals surface area contributed by atoms with Gasteiger partial charge in [-0.3, -0.25) is 13.9 Å². The zero-order valence-corrected chi connectivity index (χ0v) is 24.8. The fourth-order valence-electron chi connectivity index (χ4n) is 5.08. The lowest BCUT2D eigenvalue weighted by Gasteiger charge is -2.32. The molecule has 1 N–H and O–H groups in total. The number of aryl methyl sites for hydroxylation is 1. The molecular formula is C32H39N3O5S. The number of sulfonamides is 1. The number of hydrogen-bond acceptors (Lipinski definition) is 5. The molecular weight excluding hydrogens is 538 g/mol. The van der Waals surface area contributed by atoms with Crippen LogP contribution in [0, 0.1) is 6.92 Å². The topological polar surface area (TPSA) is 96.0 Å². The van der Waals surface area contributed by atoms with Crippen LogP contribution in [0.3, 0.4) is 0 Å². The number of nitrogens with one attached hydrogen (secondary N) is 1. The molecule has 0 unspecified atom stereocenters. The maximum atomic E-state index is 14.0. The van der Waals surface area contributed by atoms with E-state index in [2.05, 4.69) is 5.32 Å². The van der Waals surface area contributed by atoms with Crippen molar-refractivity contribution in [3.05, 3.63) is 90.0 Å². The summed E-state index contributed by atoms with van der Waals surface area (Å²) in [4.78, 5) is 28.9. The molecule has 0 heterocycles. The Morgan fingerprint density at radius 1 is 0.951 bits per heavy atom. The van der Waals surface area contributed by atoms with E-state index in [-0.39, 0.29) is 23.4 Å². The van der Waals surface area contributed by atoms with Crippen LogP contribution in [0.15, 0.2) is 83.8 Å². The predicted molar refractivity (Wildman–Crippen MR) is 160 cm³/mol. The van der Waals surface area contributed by atoms with Gasteiger partial charge in [-0.25, -0.2) is 8.42 Å². The van der Waals surface area contributed by atoms with E-state index in [1.54, 1.807) is 43.3 Å². The monoisotopic (exact) mass is 577 g/mol. The molecule has 0 spiro atoms. The van der Waals surface area contributed by atoms with Gasteiger partial charge in [0.15, 0.2) is 0 Å². The van der Waals surface area contributed by atoms with Crippen LogP contribution in [-0.4, -0.2) is 57.4 Å². The Balaban J connectivity index is 1.64. The first kappa shape index (κ1) is 30.1. The summed E-state index contributed by atoms with van der Waals surface area (Å²) in [6, 6.07) is 22.1. The fraction of sp³-hybridized carbons (Fsp3) is 0.375. The SMILES string of the molecule is COc1ccc(N(CC(=O)N(CCc2ccccc2)[C@H](C)C(=O)NC2CCCC2)S(=O)(=O)c2ccc(C)cc2)cc1. The second-order valence-corrected chi connectivity index (χ2v) is 12.4. The molecule has 1 aliphatic carbocycles. The van der Waals surface area contributed by atoms with Crippen molar-refractivity contribution in [1.29, 1.82) is 0 Å². The van der Waals surface area contributed by atoms with Crippen LogP contribution in [0.2, 0.25) is 0 Å². The van der Waals surface area contributed by atoms with Crippen LogP contribution in [-0.2, 0) is 26.0 Å². The van der Waals surface area contributed by atoms with Crippen LogP contribution in [0.5, 0.6) is 5.75 Å². The molecule has 218 valence electrons. The molecule has 9 heteroatoms. The number of anilines is 1. The molecule has 0 bridgehead atoms. The highest BCUT2D eigenvalue weighted by atomic mass is 32.2. The highest BCUT2D eigenvalue weighted by molar-refractivity contribution is 7.92. The number of hydrogen-bond donors (Lipinski definition) is 1. The highest BCUT2D eigenvalue weighted by Gasteiger charge is 2.33. The lowest BCUT2D eigenvalue weighted by atomic mass is 10.1. The van der Waals surface area contributed by atoms with Gasteiger partial charge < -0.3 is 15.0 Å². The van der Waals surface area contributed by atoms with Gasteiger partial charge in [0.25, 0.3) is 10.0 Å². The van der Waals surface area contributed by atoms with Crippen molar-refractivity contribution in [2.24, 2.45) is 0 Å². The van der Waals surface area contributed by atoms with E-state index in [0.29, 0.717) is 17.9 Å². The average molecular weight is 578 g/mol. The molecule has 3 aromatic carbocycles. The summed E-state index contributed by atoms with van der Waals surface area (Å²) >= 11 is 0. The minimum Gasteiger partial charge on any atom is -0.497 e. The van der Waals surface area contributed by atoms with Gasteiger partial charge in [-0.2, -0.15) is 0 Å². The van der Waals surface area contributed by atoms with Crippen molar-refractivity contribution >= 4 is 27.5 Å². The Labute approximate surface area is 243 Å². The molecule has 1 atom stereocenters. The summed E-state index contributed by atoms with van der Waals surface area (Å²) in [6.45, 7) is 3.39. The zero-order chi connectivity index (χ0) is 29.4. The first-order valence-corrected chi connectivity index (χ1v) is 15.5. The van der Waals surface area contributed by atoms with Crippen LogP contribution in [0.1, 0.15) is 43.7 Å². The molecule has 4 rings (SSSR count). The molecule has 0 saturated heterocycles. The standard InChI is InChI=1S/C32H39N3O5S/c1-24-13-19-30(20-14-24)41(38,39)35(28-15-17-29(40-3)18-16-28)23-31(36)34(22-21-26-9-5-4-6-10-26)25(2)32(37)33-27-11-7-8-12-27/h4-6,9-10,13-20,25,27H,7-8,11-12,21-23H2,1-3H3,(H,33,37)/t25-/m1/s1. The first-order valence-electron chi connectivity index (χ1n) is 14.1. The second-order valence-electron chi connectivity index (χ2n) is 10.5. The number of ether oxygens (including phenoxy) is 1. The Morgan fingerprint density at radius 3 is 2.20 bits per heavy atom. The molecule has 1 saturated carbocycles. The normalized spacial score (nSPS) is 14.3. The number of carbonyl (C=O) groups excluding carboxylic acids is 2. The first-order chi connectivity index (χ1) is 19.7. The third-order valence-corrected chi connectivity index (χ3v) is 9.39. The van der Waals surface area contributed by atoms with Crippen molar-refractivity contribution in [3.8, 4) is 5.75 Å². The summed E-state index contributed by atoms with van der Waals surface area (Å²) in [7, 11) is -2.58. The molecule has 1 fully saturated rings. The van der Waals surface area contributed by atoms with E-state index in [9.17, 15) is 18.0 Å². The summed E-state index contributed by atoms with van der Waals surface area (Å²) in [5.41, 5.74) is 2.27. The van der Waals surface area contributed by atoms with Gasteiger partial charge in [0.1, 0.15) is 18.3 Å². The molecule has 0 radical (unpaired) electrons. The van der Waals surface area contributed by atoms with E-state index in [1.165, 1.54) is 24.1 Å². The van der Waals surface area contributed by atoms with Gasteiger partial charge in [0.05, 0.1) is 17.7 Å². The van der Waals surface area contributed by atoms with Crippen molar-refractivity contribution in [1.82, 2.24) is 10.2 Å². The lowest BCUT2D eigenvalue weighted by Crippen LogP contribution is -2.53. The fourth-order valence-corrected chi connectivity index (χ4v) is 6.49. The van der Waals surface area contributed by atoms with Gasteiger partial charge in [-0.05, 0) is 75.1 Å². The quantitative estimate of drug-likeness (QED) is 0.336. The van der Waals surface area contributed by atoms with Crippen LogP contribution < -0.4 is 14.4 Å². The second kappa shape index (κ2) is 13.7. The Morgan fingerprint density at radius 2 is 1.59 bits per heavy atom. The van der Waals surface area contributed by atoms with E-state index < -0.39 is 28.5 Å². The van der Waals surface area contributed by atoms with Crippen LogP contribution >= 0.6 is 0 Å². The zero-order valence-electron chi connectivity index (χ0n) is 24.0. The van der Waals surface area contributed by atoms with Crippen molar-refractivity contribution in [3.63, 3.8) is 0 Å². The van der Waals surface area contributed by atoms with Crippen molar-refractivity contribution < 1.29 is 22.7 Å². The van der Waals surface area contributed by atoms with Gasteiger partial charge in [0, 0.05) is 12.6 Å². The number of carbonyl (C=O) groups is 2. The van der Waals surface area contributed by atoms with Gasteiger partial charge in [-0.1, -0.05) is 60.9 Å². The molecule has 41 heavy (non-hydrogen) atoms. The molecule has 0 aliphatic heterocycles. The smallest absolute Gasteiger partial charge is 0.264 e. The molecule has 1 aliphatic rings. The summed E-state index contributed by atoms with van der Waals surface area (Å²) in [6.07, 6.45) is 4.53. The minimum atomic E-state index is -4.11. The van der Waals surface area contributed by atoms with Gasteiger partial charge >= 0.3 is 0 Å². The van der Waals surface area contributed by atoms with Crippen LogP contribution in [0.25, 0.3) is 0 Å². The third kappa shape index (κ3) is 7.67. The summed E-state index contributed by atoms with van der Waals surface area (Å²) in [5, 5.41) is 3.09. The van der Waals surface area contributed by atoms with E-state index in [1.807, 2.05) is 37.3 Å². The number of rotatable bonds is 12. The molecule has 0 aromatic heterocycles.